The number of carbonyl (C=O) groups is 3. The monoisotopic (exact) mass is 633 g/mol. The number of halogens is 7. The third-order valence-electron chi connectivity index (χ3n) is 6.02. The first-order chi connectivity index (χ1) is 18.2. The molecule has 3 aromatic carbocycles. The lowest BCUT2D eigenvalue weighted by Crippen LogP contribution is -2.19. The second-order valence-corrected chi connectivity index (χ2v) is 11.5. The standard InChI is InChI=1S/C26H18Cl5F2N3O3/c1-10-5-13(35-25(39)22-21(26(22,30)31)12-3-4-15(27)16(28)6-12)7-14(23(10)29)24(38)36-20-9-19(34-11(2)37)17(32)8-18(20)33/h3-9,21-22H,1-2H3,(H,34,37)(H,35,39)(H,36,38)/t21-,22?/m0/s1. The van der Waals surface area contributed by atoms with Gasteiger partial charge in [0.15, 0.2) is 0 Å². The van der Waals surface area contributed by atoms with Crippen molar-refractivity contribution in [2.45, 2.75) is 24.1 Å². The van der Waals surface area contributed by atoms with E-state index in [2.05, 4.69) is 16.0 Å². The SMILES string of the molecule is CC(=O)Nc1cc(NC(=O)c2cc(NC(=O)C3[C@H](c4ccc(Cl)c(Cl)c4)C3(Cl)Cl)cc(C)c2Cl)c(F)cc1F. The Hall–Kier alpha value is -2.62. The zero-order chi connectivity index (χ0) is 28.8. The Morgan fingerprint density at radius 1 is 0.846 bits per heavy atom. The van der Waals surface area contributed by atoms with E-state index >= 15 is 0 Å². The van der Waals surface area contributed by atoms with Crippen molar-refractivity contribution in [1.29, 1.82) is 0 Å². The highest BCUT2D eigenvalue weighted by Crippen LogP contribution is 2.65. The smallest absolute Gasteiger partial charge is 0.257 e. The van der Waals surface area contributed by atoms with Crippen molar-refractivity contribution in [2.75, 3.05) is 16.0 Å². The number of hydrogen-bond acceptors (Lipinski definition) is 3. The van der Waals surface area contributed by atoms with Crippen LogP contribution in [0, 0.1) is 24.5 Å². The van der Waals surface area contributed by atoms with Gasteiger partial charge in [0.05, 0.1) is 37.9 Å². The molecule has 0 bridgehead atoms. The van der Waals surface area contributed by atoms with Gasteiger partial charge in [0.25, 0.3) is 5.91 Å². The van der Waals surface area contributed by atoms with E-state index in [0.29, 0.717) is 22.2 Å². The summed E-state index contributed by atoms with van der Waals surface area (Å²) in [6, 6.07) is 9.12. The molecule has 1 aliphatic rings. The number of nitrogens with one attached hydrogen (secondary N) is 3. The molecule has 1 aliphatic carbocycles. The largest absolute Gasteiger partial charge is 0.326 e. The van der Waals surface area contributed by atoms with E-state index in [1.807, 2.05) is 0 Å². The van der Waals surface area contributed by atoms with Crippen LogP contribution >= 0.6 is 58.0 Å². The second-order valence-electron chi connectivity index (χ2n) is 8.89. The predicted octanol–water partition coefficient (Wildman–Crippen LogP) is 7.97. The molecular formula is C26H18Cl5F2N3O3. The molecule has 0 spiro atoms. The van der Waals surface area contributed by atoms with Crippen molar-refractivity contribution in [3.05, 3.63) is 85.9 Å². The fourth-order valence-corrected chi connectivity index (χ4v) is 5.45. The third-order valence-corrected chi connectivity index (χ3v) is 8.20. The van der Waals surface area contributed by atoms with Crippen LogP contribution in [-0.2, 0) is 9.59 Å². The molecule has 4 rings (SSSR count). The van der Waals surface area contributed by atoms with Gasteiger partial charge in [0.1, 0.15) is 16.0 Å². The van der Waals surface area contributed by atoms with Gasteiger partial charge in [-0.05, 0) is 48.4 Å². The van der Waals surface area contributed by atoms with Crippen molar-refractivity contribution >= 4 is 92.8 Å². The van der Waals surface area contributed by atoms with E-state index in [4.69, 9.17) is 58.0 Å². The summed E-state index contributed by atoms with van der Waals surface area (Å²) in [4.78, 5) is 37.4. The van der Waals surface area contributed by atoms with Crippen molar-refractivity contribution in [3.8, 4) is 0 Å². The fraction of sp³-hybridized carbons (Fsp3) is 0.192. The van der Waals surface area contributed by atoms with Crippen LogP contribution in [0.3, 0.4) is 0 Å². The predicted molar refractivity (Wildman–Crippen MR) is 151 cm³/mol. The average molecular weight is 636 g/mol. The lowest BCUT2D eigenvalue weighted by molar-refractivity contribution is -0.117. The van der Waals surface area contributed by atoms with Crippen LogP contribution in [0.4, 0.5) is 25.8 Å². The number of rotatable bonds is 6. The van der Waals surface area contributed by atoms with Gasteiger partial charge in [-0.1, -0.05) is 40.9 Å². The molecule has 0 aromatic heterocycles. The number of hydrogen-bond donors (Lipinski definition) is 3. The van der Waals surface area contributed by atoms with Gasteiger partial charge in [0, 0.05) is 24.6 Å². The summed E-state index contributed by atoms with van der Waals surface area (Å²) in [7, 11) is 0. The topological polar surface area (TPSA) is 87.3 Å². The summed E-state index contributed by atoms with van der Waals surface area (Å²) >= 11 is 31.2. The summed E-state index contributed by atoms with van der Waals surface area (Å²) in [5, 5.41) is 7.87. The average Bonchev–Trinajstić information content (AvgIpc) is 3.42. The highest BCUT2D eigenvalue weighted by molar-refractivity contribution is 6.53. The van der Waals surface area contributed by atoms with Crippen molar-refractivity contribution < 1.29 is 23.2 Å². The molecular weight excluding hydrogens is 618 g/mol. The number of alkyl halides is 2. The lowest BCUT2D eigenvalue weighted by Gasteiger charge is -2.14. The Morgan fingerprint density at radius 3 is 2.10 bits per heavy atom. The minimum Gasteiger partial charge on any atom is -0.326 e. The number of carbonyl (C=O) groups excluding carboxylic acids is 3. The number of amides is 3. The minimum atomic E-state index is -1.41. The molecule has 204 valence electrons. The van der Waals surface area contributed by atoms with Crippen LogP contribution < -0.4 is 16.0 Å². The Morgan fingerprint density at radius 2 is 1.49 bits per heavy atom. The molecule has 0 saturated heterocycles. The molecule has 1 unspecified atom stereocenters. The molecule has 3 N–H and O–H groups in total. The zero-order valence-electron chi connectivity index (χ0n) is 20.1. The molecule has 0 heterocycles. The van der Waals surface area contributed by atoms with E-state index in [1.54, 1.807) is 25.1 Å². The summed E-state index contributed by atoms with van der Waals surface area (Å²) in [5.74, 6) is -5.45. The molecule has 1 fully saturated rings. The van der Waals surface area contributed by atoms with Crippen LogP contribution in [0.15, 0.2) is 42.5 Å². The Labute approximate surface area is 246 Å². The first-order valence-electron chi connectivity index (χ1n) is 11.2. The van der Waals surface area contributed by atoms with E-state index in [9.17, 15) is 23.2 Å². The van der Waals surface area contributed by atoms with Crippen molar-refractivity contribution in [3.63, 3.8) is 0 Å². The van der Waals surface area contributed by atoms with Gasteiger partial charge in [-0.25, -0.2) is 8.78 Å². The maximum atomic E-state index is 14.4. The zero-order valence-corrected chi connectivity index (χ0v) is 23.8. The van der Waals surface area contributed by atoms with Crippen LogP contribution in [0.25, 0.3) is 0 Å². The van der Waals surface area contributed by atoms with E-state index in [1.165, 1.54) is 12.1 Å². The van der Waals surface area contributed by atoms with Gasteiger partial charge in [-0.15, -0.1) is 23.2 Å². The van der Waals surface area contributed by atoms with Crippen LogP contribution in [0.1, 0.15) is 34.3 Å². The summed E-state index contributed by atoms with van der Waals surface area (Å²) in [6.07, 6.45) is 0. The maximum Gasteiger partial charge on any atom is 0.257 e. The molecule has 1 saturated carbocycles. The Bertz CT molecular complexity index is 1530. The van der Waals surface area contributed by atoms with Crippen molar-refractivity contribution in [2.24, 2.45) is 5.92 Å². The van der Waals surface area contributed by atoms with Gasteiger partial charge < -0.3 is 16.0 Å². The van der Waals surface area contributed by atoms with Gasteiger partial charge in [-0.3, -0.25) is 14.4 Å². The van der Waals surface area contributed by atoms with Crippen LogP contribution in [0.2, 0.25) is 15.1 Å². The molecule has 13 heteroatoms. The summed E-state index contributed by atoms with van der Waals surface area (Å²) in [5.41, 5.74) is 0.435. The normalized spacial score (nSPS) is 17.4. The van der Waals surface area contributed by atoms with Crippen LogP contribution in [0.5, 0.6) is 0 Å². The molecule has 39 heavy (non-hydrogen) atoms. The van der Waals surface area contributed by atoms with Crippen molar-refractivity contribution in [1.82, 2.24) is 0 Å². The number of benzene rings is 3. The third kappa shape index (κ3) is 6.10. The highest BCUT2D eigenvalue weighted by Gasteiger charge is 2.67. The Balaban J connectivity index is 1.56. The molecule has 6 nitrogen and oxygen atoms in total. The molecule has 0 aliphatic heterocycles. The van der Waals surface area contributed by atoms with E-state index < -0.39 is 51.2 Å². The van der Waals surface area contributed by atoms with E-state index in [-0.39, 0.29) is 27.0 Å². The van der Waals surface area contributed by atoms with Gasteiger partial charge in [0.2, 0.25) is 11.8 Å². The first-order valence-corrected chi connectivity index (χ1v) is 13.1. The Kier molecular flexibility index (Phi) is 8.36. The maximum absolute atomic E-state index is 14.4. The number of aryl methyl sites for hydroxylation is 1. The second kappa shape index (κ2) is 11.1. The lowest BCUT2D eigenvalue weighted by atomic mass is 10.1. The summed E-state index contributed by atoms with van der Waals surface area (Å²) in [6.45, 7) is 2.75. The van der Waals surface area contributed by atoms with Gasteiger partial charge in [-0.2, -0.15) is 0 Å². The minimum absolute atomic E-state index is 0.0410. The molecule has 3 aromatic rings. The molecule has 2 atom stereocenters. The highest BCUT2D eigenvalue weighted by atomic mass is 35.5. The quantitative estimate of drug-likeness (QED) is 0.240. The fourth-order valence-electron chi connectivity index (χ4n) is 4.12. The first kappa shape index (κ1) is 29.4. The van der Waals surface area contributed by atoms with Crippen LogP contribution in [-0.4, -0.2) is 22.1 Å². The number of anilines is 3. The molecule has 3 amide bonds. The van der Waals surface area contributed by atoms with E-state index in [0.717, 1.165) is 13.0 Å². The van der Waals surface area contributed by atoms with Gasteiger partial charge >= 0.3 is 0 Å². The molecule has 0 radical (unpaired) electrons. The summed E-state index contributed by atoms with van der Waals surface area (Å²) < 4.78 is 26.9.